The Morgan fingerprint density at radius 2 is 1.46 bits per heavy atom. The number of hydrogen-bond acceptors (Lipinski definition) is 7. The molecule has 9 heteroatoms. The molecule has 6 rings (SSSR count). The highest BCUT2D eigenvalue weighted by molar-refractivity contribution is 6.31. The number of unbranched alkanes of at least 4 members (excludes halogenated alkanes) is 2. The maximum absolute atomic E-state index is 13.5. The van der Waals surface area contributed by atoms with Gasteiger partial charge in [0.2, 0.25) is 11.8 Å². The number of rotatable bonds is 12. The molecule has 0 saturated carbocycles. The number of ether oxygens (including phenoxy) is 2. The molecule has 1 aliphatic heterocycles. The van der Waals surface area contributed by atoms with Crippen molar-refractivity contribution in [2.75, 3.05) is 23.8 Å². The van der Waals surface area contributed by atoms with Gasteiger partial charge in [-0.25, -0.2) is 9.97 Å². The number of ketones is 1. The molecule has 0 amide bonds. The molecule has 2 aromatic heterocycles. The molecule has 48 heavy (non-hydrogen) atoms. The summed E-state index contributed by atoms with van der Waals surface area (Å²) in [5.41, 5.74) is 5.72. The van der Waals surface area contributed by atoms with Gasteiger partial charge in [0.15, 0.2) is 5.78 Å². The molecule has 0 saturated heterocycles. The van der Waals surface area contributed by atoms with Crippen LogP contribution in [0.1, 0.15) is 63.1 Å². The summed E-state index contributed by atoms with van der Waals surface area (Å²) in [6.07, 6.45) is 9.25. The van der Waals surface area contributed by atoms with E-state index in [-0.39, 0.29) is 11.8 Å². The molecule has 1 aliphatic rings. The van der Waals surface area contributed by atoms with Gasteiger partial charge in [-0.1, -0.05) is 62.0 Å². The summed E-state index contributed by atoms with van der Waals surface area (Å²) in [5.74, 6) is 0.879. The van der Waals surface area contributed by atoms with E-state index in [2.05, 4.69) is 30.5 Å². The van der Waals surface area contributed by atoms with Crippen LogP contribution >= 0.6 is 23.2 Å². The van der Waals surface area contributed by atoms with E-state index in [1.54, 1.807) is 24.3 Å². The highest BCUT2D eigenvalue weighted by atomic mass is 35.5. The third-order valence-corrected chi connectivity index (χ3v) is 8.58. The van der Waals surface area contributed by atoms with E-state index in [0.717, 1.165) is 70.1 Å². The fourth-order valence-corrected chi connectivity index (χ4v) is 5.95. The second kappa shape index (κ2) is 15.5. The van der Waals surface area contributed by atoms with Gasteiger partial charge in [-0.2, -0.15) is 0 Å². The van der Waals surface area contributed by atoms with E-state index in [4.69, 9.17) is 42.6 Å². The minimum Gasteiger partial charge on any atom is -0.477 e. The minimum absolute atomic E-state index is 0.177. The lowest BCUT2D eigenvalue weighted by molar-refractivity contribution is -0.110. The molecule has 7 nitrogen and oxygen atoms in total. The highest BCUT2D eigenvalue weighted by Crippen LogP contribution is 2.39. The molecular formula is C39H38Cl2N4O3. The number of allylic oxidation sites excluding steroid dienone is 2. The molecule has 0 aliphatic carbocycles. The highest BCUT2D eigenvalue weighted by Gasteiger charge is 2.25. The predicted octanol–water partition coefficient (Wildman–Crippen LogP) is 10.6. The van der Waals surface area contributed by atoms with Crippen LogP contribution in [0.15, 0.2) is 90.6 Å². The first-order valence-electron chi connectivity index (χ1n) is 16.4. The van der Waals surface area contributed by atoms with Crippen molar-refractivity contribution >= 4 is 68.2 Å². The zero-order chi connectivity index (χ0) is 33.5. The molecule has 0 bridgehead atoms. The average molecular weight is 682 g/mol. The van der Waals surface area contributed by atoms with Gasteiger partial charge in [0.1, 0.15) is 0 Å². The van der Waals surface area contributed by atoms with Crippen LogP contribution in [0, 0.1) is 0 Å². The van der Waals surface area contributed by atoms with Gasteiger partial charge in [0, 0.05) is 50.1 Å². The molecule has 0 spiro atoms. The van der Waals surface area contributed by atoms with Crippen LogP contribution in [0.3, 0.4) is 0 Å². The minimum atomic E-state index is -0.246. The summed E-state index contributed by atoms with van der Waals surface area (Å²) >= 11 is 12.6. The molecular weight excluding hydrogens is 643 g/mol. The number of para-hydroxylation sites is 2. The summed E-state index contributed by atoms with van der Waals surface area (Å²) in [6, 6.07) is 22.9. The van der Waals surface area contributed by atoms with Crippen LogP contribution in [0.25, 0.3) is 27.9 Å². The van der Waals surface area contributed by atoms with Crippen molar-refractivity contribution in [3.05, 3.63) is 112 Å². The number of nitrogens with zero attached hydrogens (tertiary/aromatic N) is 2. The van der Waals surface area contributed by atoms with Crippen LogP contribution in [-0.4, -0.2) is 29.0 Å². The van der Waals surface area contributed by atoms with Crippen molar-refractivity contribution in [2.45, 2.75) is 52.0 Å². The van der Waals surface area contributed by atoms with Crippen LogP contribution in [0.5, 0.6) is 11.8 Å². The third-order valence-electron chi connectivity index (χ3n) is 8.11. The zero-order valence-corrected chi connectivity index (χ0v) is 28.6. The number of carbonyl (C=O) groups excluding carboxylic acids is 1. The second-order valence-electron chi connectivity index (χ2n) is 11.8. The number of pyridine rings is 2. The molecule has 0 fully saturated rings. The molecule has 5 aromatic rings. The van der Waals surface area contributed by atoms with E-state index in [0.29, 0.717) is 47.0 Å². The molecule has 246 valence electrons. The van der Waals surface area contributed by atoms with E-state index in [1.807, 2.05) is 60.7 Å². The Morgan fingerprint density at radius 1 is 0.833 bits per heavy atom. The Hall–Kier alpha value is -4.59. The van der Waals surface area contributed by atoms with Gasteiger partial charge in [-0.05, 0) is 85.7 Å². The second-order valence-corrected chi connectivity index (χ2v) is 12.7. The Labute approximate surface area is 291 Å². The van der Waals surface area contributed by atoms with Gasteiger partial charge in [-0.15, -0.1) is 0 Å². The number of fused-ring (bicyclic) bond motifs is 3. The number of anilines is 2. The van der Waals surface area contributed by atoms with Crippen molar-refractivity contribution in [1.29, 1.82) is 0 Å². The number of nitrogens with one attached hydrogen (secondary N) is 2. The quantitative estimate of drug-likeness (QED) is 0.100. The average Bonchev–Trinajstić information content (AvgIpc) is 3.26. The fraction of sp³-hybridized carbons (Fsp3) is 0.256. The standard InChI is InChI=1S/C39H38Cl2N4O3/c1-3-5-17-47-38-25(19-26-20-28(40)12-15-33(26)44-38)11-14-31(46)23-30-24-37(43-36-10-8-7-9-35(36)42-30)32-22-27-21-29(41)13-16-34(27)45-39(32)48-18-6-4-2/h7-16,19-23,37,42-43H,3-6,17-18,24H2,1-2H3/b14-11+,30-23-. The largest absolute Gasteiger partial charge is 0.477 e. The van der Waals surface area contributed by atoms with Gasteiger partial charge < -0.3 is 20.1 Å². The smallest absolute Gasteiger partial charge is 0.221 e. The molecule has 0 radical (unpaired) electrons. The Balaban J connectivity index is 1.34. The van der Waals surface area contributed by atoms with Gasteiger partial charge >= 0.3 is 0 Å². The van der Waals surface area contributed by atoms with Crippen molar-refractivity contribution in [2.24, 2.45) is 0 Å². The summed E-state index contributed by atoms with van der Waals surface area (Å²) < 4.78 is 12.3. The van der Waals surface area contributed by atoms with E-state index < -0.39 is 0 Å². The van der Waals surface area contributed by atoms with Crippen molar-refractivity contribution in [3.63, 3.8) is 0 Å². The van der Waals surface area contributed by atoms with E-state index in [9.17, 15) is 4.79 Å². The van der Waals surface area contributed by atoms with Crippen molar-refractivity contribution < 1.29 is 14.3 Å². The Bertz CT molecular complexity index is 2010. The lowest BCUT2D eigenvalue weighted by Crippen LogP contribution is -2.14. The zero-order valence-electron chi connectivity index (χ0n) is 27.1. The topological polar surface area (TPSA) is 85.4 Å². The third kappa shape index (κ3) is 8.09. The summed E-state index contributed by atoms with van der Waals surface area (Å²) in [6.45, 7) is 5.34. The SMILES string of the molecule is CCCCOc1nc2ccc(Cl)cc2cc1/C=C/C(=O)/C=C1/CC(c2cc3cc(Cl)ccc3nc2OCCCC)Nc2ccccc2N1. The number of halogens is 2. The van der Waals surface area contributed by atoms with Gasteiger partial charge in [-0.3, -0.25) is 4.79 Å². The van der Waals surface area contributed by atoms with Crippen LogP contribution in [0.4, 0.5) is 11.4 Å². The first-order valence-corrected chi connectivity index (χ1v) is 17.2. The lowest BCUT2D eigenvalue weighted by atomic mass is 10.0. The van der Waals surface area contributed by atoms with Crippen molar-refractivity contribution in [3.8, 4) is 11.8 Å². The molecule has 1 atom stereocenters. The molecule has 1 unspecified atom stereocenters. The van der Waals surface area contributed by atoms with Gasteiger partial charge in [0.05, 0.1) is 41.7 Å². The van der Waals surface area contributed by atoms with Crippen molar-refractivity contribution in [1.82, 2.24) is 9.97 Å². The number of benzene rings is 3. The number of hydrogen-bond donors (Lipinski definition) is 2. The fourth-order valence-electron chi connectivity index (χ4n) is 5.59. The Kier molecular flexibility index (Phi) is 10.8. The summed E-state index contributed by atoms with van der Waals surface area (Å²) in [7, 11) is 0. The maximum Gasteiger partial charge on any atom is 0.221 e. The van der Waals surface area contributed by atoms with E-state index >= 15 is 0 Å². The first-order chi connectivity index (χ1) is 23.4. The van der Waals surface area contributed by atoms with Crippen LogP contribution in [0.2, 0.25) is 10.0 Å². The number of aromatic nitrogens is 2. The predicted molar refractivity (Wildman–Crippen MR) is 197 cm³/mol. The van der Waals surface area contributed by atoms with E-state index in [1.165, 1.54) is 0 Å². The Morgan fingerprint density at radius 3 is 2.15 bits per heavy atom. The van der Waals surface area contributed by atoms with Crippen LogP contribution < -0.4 is 20.1 Å². The molecule has 2 N–H and O–H groups in total. The van der Waals surface area contributed by atoms with Gasteiger partial charge in [0.25, 0.3) is 0 Å². The summed E-state index contributed by atoms with van der Waals surface area (Å²) in [4.78, 5) is 23.2. The van der Waals surface area contributed by atoms with Crippen LogP contribution in [-0.2, 0) is 4.79 Å². The maximum atomic E-state index is 13.5. The first kappa shape index (κ1) is 33.3. The summed E-state index contributed by atoms with van der Waals surface area (Å²) in [5, 5.41) is 10.2. The lowest BCUT2D eigenvalue weighted by Gasteiger charge is -2.21. The molecule has 3 aromatic carbocycles. The number of carbonyl (C=O) groups is 1. The molecule has 3 heterocycles. The monoisotopic (exact) mass is 680 g/mol. The normalized spacial score (nSPS) is 15.2.